The van der Waals surface area contributed by atoms with Gasteiger partial charge in [0.15, 0.2) is 0 Å². The highest BCUT2D eigenvalue weighted by Crippen LogP contribution is 2.44. The van der Waals surface area contributed by atoms with E-state index < -0.39 is 5.41 Å². The maximum Gasteiger partial charge on any atom is 0.235 e. The monoisotopic (exact) mass is 308 g/mol. The zero-order valence-corrected chi connectivity index (χ0v) is 12.7. The average molecular weight is 308 g/mol. The minimum absolute atomic E-state index is 0.0950. The van der Waals surface area contributed by atoms with Gasteiger partial charge >= 0.3 is 0 Å². The van der Waals surface area contributed by atoms with Crippen LogP contribution in [0.5, 0.6) is 0 Å². The van der Waals surface area contributed by atoms with E-state index >= 15 is 0 Å². The molecule has 2 aromatic carbocycles. The molecule has 1 amide bonds. The Morgan fingerprint density at radius 3 is 2.52 bits per heavy atom. The molecule has 0 unspecified atom stereocenters. The Kier molecular flexibility index (Phi) is 4.12. The summed E-state index contributed by atoms with van der Waals surface area (Å²) in [6.07, 6.45) is 2.77. The highest BCUT2D eigenvalue weighted by molar-refractivity contribution is 5.99. The van der Waals surface area contributed by atoms with Gasteiger partial charge in [0.25, 0.3) is 0 Å². The maximum atomic E-state index is 13.5. The van der Waals surface area contributed by atoms with Gasteiger partial charge in [0.05, 0.1) is 17.9 Å². The number of nitriles is 1. The van der Waals surface area contributed by atoms with E-state index in [1.807, 2.05) is 18.2 Å². The summed E-state index contributed by atoms with van der Waals surface area (Å²) >= 11 is 0. The van der Waals surface area contributed by atoms with Crippen LogP contribution >= 0.6 is 0 Å². The summed E-state index contributed by atoms with van der Waals surface area (Å²) in [6, 6.07) is 15.6. The molecule has 3 rings (SSSR count). The van der Waals surface area contributed by atoms with E-state index in [1.165, 1.54) is 12.1 Å². The normalized spacial score (nSPS) is 15.3. The van der Waals surface area contributed by atoms with Crippen molar-refractivity contribution in [2.75, 3.05) is 5.32 Å². The van der Waals surface area contributed by atoms with Gasteiger partial charge in [0.2, 0.25) is 5.91 Å². The molecule has 1 aliphatic carbocycles. The Balaban J connectivity index is 1.79. The molecule has 0 saturated heterocycles. The maximum absolute atomic E-state index is 13.5. The molecule has 0 radical (unpaired) electrons. The van der Waals surface area contributed by atoms with Gasteiger partial charge in [-0.3, -0.25) is 4.79 Å². The number of anilines is 1. The molecule has 0 aromatic heterocycles. The minimum Gasteiger partial charge on any atom is -0.325 e. The molecule has 4 heteroatoms. The van der Waals surface area contributed by atoms with Gasteiger partial charge in [0.1, 0.15) is 5.82 Å². The first-order valence-electron chi connectivity index (χ1n) is 7.67. The average Bonchev–Trinajstić information content (AvgIpc) is 2.48. The van der Waals surface area contributed by atoms with E-state index in [-0.39, 0.29) is 11.7 Å². The fourth-order valence-electron chi connectivity index (χ4n) is 3.01. The van der Waals surface area contributed by atoms with Gasteiger partial charge in [-0.05, 0) is 48.2 Å². The third kappa shape index (κ3) is 2.95. The quantitative estimate of drug-likeness (QED) is 0.929. The summed E-state index contributed by atoms with van der Waals surface area (Å²) in [5.41, 5.74) is 1.71. The third-order valence-electron chi connectivity index (χ3n) is 4.51. The molecule has 0 atom stereocenters. The van der Waals surface area contributed by atoms with Crippen LogP contribution < -0.4 is 5.32 Å². The molecule has 1 N–H and O–H groups in total. The van der Waals surface area contributed by atoms with Crippen LogP contribution in [0.15, 0.2) is 48.5 Å². The van der Waals surface area contributed by atoms with E-state index in [1.54, 1.807) is 18.2 Å². The number of nitrogens with zero attached hydrogens (tertiary/aromatic N) is 1. The van der Waals surface area contributed by atoms with Gasteiger partial charge < -0.3 is 5.32 Å². The lowest BCUT2D eigenvalue weighted by Gasteiger charge is -2.40. The fourth-order valence-corrected chi connectivity index (χ4v) is 3.01. The van der Waals surface area contributed by atoms with E-state index in [2.05, 4.69) is 11.4 Å². The molecule has 1 fully saturated rings. The zero-order valence-electron chi connectivity index (χ0n) is 12.7. The van der Waals surface area contributed by atoms with Crippen molar-refractivity contribution >= 4 is 11.6 Å². The first kappa shape index (κ1) is 15.2. The highest BCUT2D eigenvalue weighted by Gasteiger charge is 2.45. The molecule has 23 heavy (non-hydrogen) atoms. The van der Waals surface area contributed by atoms with Gasteiger partial charge in [-0.25, -0.2) is 4.39 Å². The van der Waals surface area contributed by atoms with Gasteiger partial charge in [-0.1, -0.05) is 30.7 Å². The summed E-state index contributed by atoms with van der Waals surface area (Å²) in [6.45, 7) is 0. The molecular weight excluding hydrogens is 291 g/mol. The predicted octanol–water partition coefficient (Wildman–Crippen LogP) is 3.95. The number of carbonyl (C=O) groups excluding carboxylic acids is 1. The van der Waals surface area contributed by atoms with Gasteiger partial charge in [0, 0.05) is 5.69 Å². The zero-order chi connectivity index (χ0) is 16.3. The summed E-state index contributed by atoms with van der Waals surface area (Å²) in [5, 5.41) is 11.6. The number of halogens is 1. The van der Waals surface area contributed by atoms with Crippen LogP contribution in [0.25, 0.3) is 0 Å². The molecule has 0 spiro atoms. The molecule has 0 aliphatic heterocycles. The van der Waals surface area contributed by atoms with Gasteiger partial charge in [-0.15, -0.1) is 0 Å². The van der Waals surface area contributed by atoms with E-state index in [0.29, 0.717) is 12.1 Å². The summed E-state index contributed by atoms with van der Waals surface area (Å²) in [7, 11) is 0. The second kappa shape index (κ2) is 6.21. The second-order valence-electron chi connectivity index (χ2n) is 5.93. The first-order valence-corrected chi connectivity index (χ1v) is 7.67. The first-order chi connectivity index (χ1) is 11.1. The second-order valence-corrected chi connectivity index (χ2v) is 5.93. The standard InChI is InChI=1S/C19H17FN2O/c20-16-4-1-3-15(13-16)19(10-2-11-19)18(23)22-17-7-5-14(6-8-17)9-12-21/h1,3-8,13H,2,9-11H2,(H,22,23). The third-order valence-corrected chi connectivity index (χ3v) is 4.51. The Morgan fingerprint density at radius 2 is 1.96 bits per heavy atom. The molecule has 0 bridgehead atoms. The largest absolute Gasteiger partial charge is 0.325 e. The number of rotatable bonds is 4. The molecule has 1 aliphatic rings. The van der Waals surface area contributed by atoms with Crippen molar-refractivity contribution in [3.05, 3.63) is 65.5 Å². The predicted molar refractivity (Wildman–Crippen MR) is 86.3 cm³/mol. The topological polar surface area (TPSA) is 52.9 Å². The van der Waals surface area contributed by atoms with Crippen molar-refractivity contribution in [2.45, 2.75) is 31.1 Å². The van der Waals surface area contributed by atoms with E-state index in [0.717, 1.165) is 30.4 Å². The van der Waals surface area contributed by atoms with Crippen LogP contribution in [0.1, 0.15) is 30.4 Å². The number of amides is 1. The molecule has 1 saturated carbocycles. The molecule has 3 nitrogen and oxygen atoms in total. The van der Waals surface area contributed by atoms with Crippen molar-refractivity contribution in [2.24, 2.45) is 0 Å². The lowest BCUT2D eigenvalue weighted by molar-refractivity contribution is -0.124. The van der Waals surface area contributed by atoms with Crippen LogP contribution in [-0.2, 0) is 16.6 Å². The van der Waals surface area contributed by atoms with Crippen LogP contribution in [0.3, 0.4) is 0 Å². The fraction of sp³-hybridized carbons (Fsp3) is 0.263. The van der Waals surface area contributed by atoms with Crippen LogP contribution in [-0.4, -0.2) is 5.91 Å². The summed E-state index contributed by atoms with van der Waals surface area (Å²) in [4.78, 5) is 12.8. The van der Waals surface area contributed by atoms with Crippen molar-refractivity contribution in [1.82, 2.24) is 0 Å². The van der Waals surface area contributed by atoms with Crippen LogP contribution in [0.4, 0.5) is 10.1 Å². The van der Waals surface area contributed by atoms with E-state index in [9.17, 15) is 9.18 Å². The SMILES string of the molecule is N#CCc1ccc(NC(=O)C2(c3cccc(F)c3)CCC2)cc1. The lowest BCUT2D eigenvalue weighted by Crippen LogP contribution is -2.46. The number of hydrogen-bond donors (Lipinski definition) is 1. The molecular formula is C19H17FN2O. The lowest BCUT2D eigenvalue weighted by atomic mass is 9.63. The van der Waals surface area contributed by atoms with Crippen molar-refractivity contribution in [3.63, 3.8) is 0 Å². The summed E-state index contributed by atoms with van der Waals surface area (Å²) in [5.74, 6) is -0.412. The van der Waals surface area contributed by atoms with Crippen molar-refractivity contribution in [3.8, 4) is 6.07 Å². The van der Waals surface area contributed by atoms with Crippen LogP contribution in [0.2, 0.25) is 0 Å². The highest BCUT2D eigenvalue weighted by atomic mass is 19.1. The Labute approximate surface area is 134 Å². The summed E-state index contributed by atoms with van der Waals surface area (Å²) < 4.78 is 13.5. The van der Waals surface area contributed by atoms with Crippen LogP contribution in [0, 0.1) is 17.1 Å². The van der Waals surface area contributed by atoms with Gasteiger partial charge in [-0.2, -0.15) is 5.26 Å². The number of hydrogen-bond acceptors (Lipinski definition) is 2. The Morgan fingerprint density at radius 1 is 1.22 bits per heavy atom. The Bertz CT molecular complexity index is 758. The minimum atomic E-state index is -0.632. The van der Waals surface area contributed by atoms with Crippen molar-refractivity contribution < 1.29 is 9.18 Å². The molecule has 0 heterocycles. The Hall–Kier alpha value is -2.67. The smallest absolute Gasteiger partial charge is 0.235 e. The van der Waals surface area contributed by atoms with Crippen molar-refractivity contribution in [1.29, 1.82) is 5.26 Å². The molecule has 116 valence electrons. The number of nitrogens with one attached hydrogen (secondary N) is 1. The number of benzene rings is 2. The molecule has 2 aromatic rings. The number of carbonyl (C=O) groups is 1. The van der Waals surface area contributed by atoms with E-state index in [4.69, 9.17) is 5.26 Å².